The fourth-order valence-electron chi connectivity index (χ4n) is 5.67. The highest BCUT2D eigenvalue weighted by atomic mass is 19.1. The molecule has 2 heterocycles. The number of aromatic nitrogens is 2. The van der Waals surface area contributed by atoms with E-state index < -0.39 is 0 Å². The summed E-state index contributed by atoms with van der Waals surface area (Å²) in [6, 6.07) is 5.97. The van der Waals surface area contributed by atoms with Gasteiger partial charge < -0.3 is 10.2 Å². The van der Waals surface area contributed by atoms with Crippen LogP contribution in [0.2, 0.25) is 0 Å². The number of carbonyl (C=O) groups is 1. The van der Waals surface area contributed by atoms with Gasteiger partial charge in [0.2, 0.25) is 0 Å². The number of halogens is 1. The standard InChI is InChI=1S/C21H25FN4O/c1-25-10-16(9-23-25)20(13-4-6-17(22)7-5-13)24-21(27)26-11-18-14-2-3-15(8-14)19(18)12-26/h4-7,9-10,14-15,18-20H,2-3,8,11-12H2,1H3,(H,24,27). The van der Waals surface area contributed by atoms with Crippen molar-refractivity contribution in [2.24, 2.45) is 30.7 Å². The molecule has 1 saturated heterocycles. The number of aryl methyl sites for hydroxylation is 1. The lowest BCUT2D eigenvalue weighted by Crippen LogP contribution is -2.41. The fourth-order valence-corrected chi connectivity index (χ4v) is 5.67. The smallest absolute Gasteiger partial charge is 0.318 e. The van der Waals surface area contributed by atoms with E-state index in [-0.39, 0.29) is 17.9 Å². The molecule has 2 aromatic rings. The molecule has 5 unspecified atom stereocenters. The predicted molar refractivity (Wildman–Crippen MR) is 99.4 cm³/mol. The van der Waals surface area contributed by atoms with Crippen LogP contribution in [0.25, 0.3) is 0 Å². The summed E-state index contributed by atoms with van der Waals surface area (Å²) in [4.78, 5) is 15.0. The number of amides is 2. The average molecular weight is 368 g/mol. The Labute approximate surface area is 158 Å². The molecule has 2 aliphatic carbocycles. The SMILES string of the molecule is Cn1cc(C(NC(=O)N2CC3C4CCC(C4)C3C2)c2ccc(F)cc2)cn1. The first-order valence-corrected chi connectivity index (χ1v) is 9.88. The van der Waals surface area contributed by atoms with E-state index in [0.717, 1.165) is 36.1 Å². The third kappa shape index (κ3) is 2.91. The van der Waals surface area contributed by atoms with Gasteiger partial charge in [-0.25, -0.2) is 9.18 Å². The first kappa shape index (κ1) is 16.8. The molecule has 0 spiro atoms. The lowest BCUT2D eigenvalue weighted by Gasteiger charge is -2.24. The number of nitrogens with zero attached hydrogens (tertiary/aromatic N) is 3. The maximum atomic E-state index is 13.4. The van der Waals surface area contributed by atoms with Crippen molar-refractivity contribution in [2.45, 2.75) is 25.3 Å². The predicted octanol–water partition coefficient (Wildman–Crippen LogP) is 3.34. The zero-order chi connectivity index (χ0) is 18.5. The zero-order valence-electron chi connectivity index (χ0n) is 15.5. The van der Waals surface area contributed by atoms with E-state index in [4.69, 9.17) is 0 Å². The Kier molecular flexibility index (Phi) is 3.95. The molecule has 0 radical (unpaired) electrons. The Morgan fingerprint density at radius 2 is 1.81 bits per heavy atom. The highest BCUT2D eigenvalue weighted by molar-refractivity contribution is 5.75. The molecule has 6 heteroatoms. The molecule has 2 amide bonds. The van der Waals surface area contributed by atoms with Gasteiger partial charge in [0.1, 0.15) is 5.82 Å². The number of urea groups is 1. The Morgan fingerprint density at radius 3 is 2.41 bits per heavy atom. The molecule has 1 N–H and O–H groups in total. The largest absolute Gasteiger partial charge is 0.327 e. The van der Waals surface area contributed by atoms with Crippen LogP contribution in [0.3, 0.4) is 0 Å². The van der Waals surface area contributed by atoms with E-state index in [2.05, 4.69) is 10.4 Å². The van der Waals surface area contributed by atoms with Crippen LogP contribution in [0.5, 0.6) is 0 Å². The minimum absolute atomic E-state index is 0.0259. The van der Waals surface area contributed by atoms with Crippen LogP contribution in [0.15, 0.2) is 36.7 Å². The van der Waals surface area contributed by atoms with Gasteiger partial charge in [0.15, 0.2) is 0 Å². The van der Waals surface area contributed by atoms with Crippen molar-refractivity contribution in [2.75, 3.05) is 13.1 Å². The Morgan fingerprint density at radius 1 is 1.15 bits per heavy atom. The van der Waals surface area contributed by atoms with Crippen LogP contribution in [0.1, 0.15) is 36.4 Å². The van der Waals surface area contributed by atoms with Gasteiger partial charge in [0.05, 0.1) is 12.2 Å². The molecule has 3 fully saturated rings. The minimum atomic E-state index is -0.330. The Bertz CT molecular complexity index is 830. The van der Waals surface area contributed by atoms with E-state index in [1.807, 2.05) is 18.1 Å². The maximum absolute atomic E-state index is 13.4. The van der Waals surface area contributed by atoms with Crippen molar-refractivity contribution in [3.8, 4) is 0 Å². The molecule has 5 nitrogen and oxygen atoms in total. The summed E-state index contributed by atoms with van der Waals surface area (Å²) in [6.45, 7) is 1.75. The molecule has 27 heavy (non-hydrogen) atoms. The van der Waals surface area contributed by atoms with E-state index in [0.29, 0.717) is 11.8 Å². The lowest BCUT2D eigenvalue weighted by molar-refractivity contribution is 0.200. The minimum Gasteiger partial charge on any atom is -0.327 e. The second-order valence-electron chi connectivity index (χ2n) is 8.45. The second-order valence-corrected chi connectivity index (χ2v) is 8.45. The fraction of sp³-hybridized carbons (Fsp3) is 0.524. The van der Waals surface area contributed by atoms with Gasteiger partial charge in [0.25, 0.3) is 0 Å². The second kappa shape index (κ2) is 6.36. The van der Waals surface area contributed by atoms with Crippen LogP contribution in [0, 0.1) is 29.5 Å². The van der Waals surface area contributed by atoms with Gasteiger partial charge in [-0.15, -0.1) is 0 Å². The molecule has 142 valence electrons. The Hall–Kier alpha value is -2.37. The number of benzene rings is 1. The number of fused-ring (bicyclic) bond motifs is 5. The van der Waals surface area contributed by atoms with E-state index in [1.165, 1.54) is 31.4 Å². The zero-order valence-corrected chi connectivity index (χ0v) is 15.5. The quantitative estimate of drug-likeness (QED) is 0.903. The van der Waals surface area contributed by atoms with Gasteiger partial charge in [0, 0.05) is 31.9 Å². The van der Waals surface area contributed by atoms with Gasteiger partial charge in [-0.3, -0.25) is 4.68 Å². The van der Waals surface area contributed by atoms with Crippen LogP contribution in [-0.4, -0.2) is 33.8 Å². The van der Waals surface area contributed by atoms with Crippen molar-refractivity contribution < 1.29 is 9.18 Å². The van der Waals surface area contributed by atoms with Crippen LogP contribution in [-0.2, 0) is 7.05 Å². The molecule has 1 aromatic heterocycles. The van der Waals surface area contributed by atoms with Crippen LogP contribution >= 0.6 is 0 Å². The number of hydrogen-bond acceptors (Lipinski definition) is 2. The third-order valence-electron chi connectivity index (χ3n) is 6.95. The molecule has 1 aromatic carbocycles. The molecule has 1 aliphatic heterocycles. The topological polar surface area (TPSA) is 50.2 Å². The number of likely N-dealkylation sites (tertiary alicyclic amines) is 1. The molecule has 2 saturated carbocycles. The van der Waals surface area contributed by atoms with Crippen molar-refractivity contribution in [1.29, 1.82) is 0 Å². The molecular weight excluding hydrogens is 343 g/mol. The van der Waals surface area contributed by atoms with Crippen LogP contribution in [0.4, 0.5) is 9.18 Å². The summed E-state index contributed by atoms with van der Waals surface area (Å²) in [5.74, 6) is 2.75. The van der Waals surface area contributed by atoms with E-state index in [9.17, 15) is 9.18 Å². The van der Waals surface area contributed by atoms with Gasteiger partial charge in [-0.1, -0.05) is 12.1 Å². The number of hydrogen-bond donors (Lipinski definition) is 1. The lowest BCUT2D eigenvalue weighted by atomic mass is 9.82. The van der Waals surface area contributed by atoms with Crippen LogP contribution < -0.4 is 5.32 Å². The molecule has 3 aliphatic rings. The summed E-state index contributed by atoms with van der Waals surface area (Å²) in [5.41, 5.74) is 1.76. The first-order chi connectivity index (χ1) is 13.1. The van der Waals surface area contributed by atoms with Crippen molar-refractivity contribution in [3.05, 3.63) is 53.6 Å². The molecular formula is C21H25FN4O. The summed E-state index contributed by atoms with van der Waals surface area (Å²) in [7, 11) is 1.85. The van der Waals surface area contributed by atoms with Crippen molar-refractivity contribution in [1.82, 2.24) is 20.0 Å². The number of rotatable bonds is 3. The summed E-state index contributed by atoms with van der Waals surface area (Å²) >= 11 is 0. The Balaban J connectivity index is 1.35. The van der Waals surface area contributed by atoms with Crippen molar-refractivity contribution >= 4 is 6.03 Å². The molecule has 2 bridgehead atoms. The van der Waals surface area contributed by atoms with Gasteiger partial charge in [-0.2, -0.15) is 5.10 Å². The normalized spacial score (nSPS) is 29.8. The van der Waals surface area contributed by atoms with E-state index in [1.54, 1.807) is 23.0 Å². The maximum Gasteiger partial charge on any atom is 0.318 e. The monoisotopic (exact) mass is 368 g/mol. The molecule has 5 rings (SSSR count). The number of carbonyl (C=O) groups excluding carboxylic acids is 1. The summed E-state index contributed by atoms with van der Waals surface area (Å²) < 4.78 is 15.1. The summed E-state index contributed by atoms with van der Waals surface area (Å²) in [6.07, 6.45) is 7.71. The highest BCUT2D eigenvalue weighted by Crippen LogP contribution is 2.55. The van der Waals surface area contributed by atoms with E-state index >= 15 is 0 Å². The van der Waals surface area contributed by atoms with Gasteiger partial charge >= 0.3 is 6.03 Å². The first-order valence-electron chi connectivity index (χ1n) is 9.88. The number of nitrogens with one attached hydrogen (secondary N) is 1. The van der Waals surface area contributed by atoms with Crippen molar-refractivity contribution in [3.63, 3.8) is 0 Å². The van der Waals surface area contributed by atoms with Gasteiger partial charge in [-0.05, 0) is 60.6 Å². The summed E-state index contributed by atoms with van der Waals surface area (Å²) in [5, 5.41) is 7.41. The average Bonchev–Trinajstić information content (AvgIpc) is 3.42. The third-order valence-corrected chi connectivity index (χ3v) is 6.95. The highest BCUT2D eigenvalue weighted by Gasteiger charge is 2.52. The molecule has 5 atom stereocenters.